The lowest BCUT2D eigenvalue weighted by Crippen LogP contribution is -2.31. The molecular formula is C21H28FN7O2. The summed E-state index contributed by atoms with van der Waals surface area (Å²) in [6.45, 7) is 4.43. The van der Waals surface area contributed by atoms with Crippen LogP contribution in [0, 0.1) is 11.7 Å². The number of pyridine rings is 1. The number of amides is 1. The van der Waals surface area contributed by atoms with E-state index in [-0.39, 0.29) is 23.2 Å². The first-order valence-corrected chi connectivity index (χ1v) is 9.98. The number of fused-ring (bicyclic) bond motifs is 1. The lowest BCUT2D eigenvalue weighted by molar-refractivity contribution is 0.100. The van der Waals surface area contributed by atoms with Crippen LogP contribution in [0.2, 0.25) is 0 Å². The molecule has 2 aromatic heterocycles. The van der Waals surface area contributed by atoms with Gasteiger partial charge in [0, 0.05) is 25.3 Å². The average Bonchev–Trinajstić information content (AvgIpc) is 3.04. The molecular weight excluding hydrogens is 401 g/mol. The summed E-state index contributed by atoms with van der Waals surface area (Å²) in [4.78, 5) is 16.2. The van der Waals surface area contributed by atoms with Gasteiger partial charge in [0.25, 0.3) is 5.91 Å². The molecule has 10 heteroatoms. The van der Waals surface area contributed by atoms with Crippen molar-refractivity contribution in [2.45, 2.75) is 26.3 Å². The molecule has 0 aliphatic heterocycles. The Hall–Kier alpha value is -3.40. The summed E-state index contributed by atoms with van der Waals surface area (Å²) >= 11 is 0. The van der Waals surface area contributed by atoms with Crippen LogP contribution in [0.4, 0.5) is 21.7 Å². The monoisotopic (exact) mass is 429 g/mol. The third kappa shape index (κ3) is 4.85. The summed E-state index contributed by atoms with van der Waals surface area (Å²) in [5, 5.41) is 11.2. The van der Waals surface area contributed by atoms with E-state index in [0.717, 1.165) is 23.4 Å². The fourth-order valence-electron chi connectivity index (χ4n) is 3.45. The van der Waals surface area contributed by atoms with Crippen molar-refractivity contribution in [2.24, 2.45) is 24.4 Å². The Bertz CT molecular complexity index is 1100. The number of carbonyl (C=O) groups is 1. The van der Waals surface area contributed by atoms with E-state index in [1.165, 1.54) is 7.11 Å². The molecule has 0 bridgehead atoms. The second-order valence-corrected chi connectivity index (χ2v) is 7.78. The predicted octanol–water partition coefficient (Wildman–Crippen LogP) is 2.74. The number of ether oxygens (including phenoxy) is 1. The maximum atomic E-state index is 14.6. The van der Waals surface area contributed by atoms with Gasteiger partial charge in [-0.15, -0.1) is 5.10 Å². The molecule has 31 heavy (non-hydrogen) atoms. The van der Waals surface area contributed by atoms with Crippen LogP contribution in [0.25, 0.3) is 10.9 Å². The molecule has 2 heterocycles. The molecule has 0 fully saturated rings. The SMILES string of the molecule is COc1nn(C)c2ccc(Nc3nc(N[C@@H](CN)CC(C)C)c(F)cc3C(N)=O)cc12. The number of methoxy groups -OCH3 is 1. The fraction of sp³-hybridized carbons (Fsp3) is 0.381. The Kier molecular flexibility index (Phi) is 6.59. The van der Waals surface area contributed by atoms with Crippen molar-refractivity contribution in [2.75, 3.05) is 24.3 Å². The number of nitrogens with two attached hydrogens (primary N) is 2. The molecule has 0 unspecified atom stereocenters. The first-order chi connectivity index (χ1) is 14.7. The number of aryl methyl sites for hydroxylation is 1. The number of nitrogens with one attached hydrogen (secondary N) is 2. The zero-order valence-corrected chi connectivity index (χ0v) is 18.1. The molecule has 166 valence electrons. The van der Waals surface area contributed by atoms with Crippen molar-refractivity contribution in [1.29, 1.82) is 0 Å². The van der Waals surface area contributed by atoms with Gasteiger partial charge < -0.3 is 26.8 Å². The summed E-state index contributed by atoms with van der Waals surface area (Å²) in [7, 11) is 3.35. The number of hydrogen-bond acceptors (Lipinski definition) is 7. The quantitative estimate of drug-likeness (QED) is 0.411. The number of carbonyl (C=O) groups excluding carboxylic acids is 1. The molecule has 3 aromatic rings. The highest BCUT2D eigenvalue weighted by Crippen LogP contribution is 2.30. The van der Waals surface area contributed by atoms with Gasteiger partial charge >= 0.3 is 0 Å². The highest BCUT2D eigenvalue weighted by molar-refractivity contribution is 5.99. The third-order valence-electron chi connectivity index (χ3n) is 4.90. The van der Waals surface area contributed by atoms with Crippen LogP contribution in [-0.2, 0) is 7.05 Å². The second kappa shape index (κ2) is 9.17. The van der Waals surface area contributed by atoms with Crippen LogP contribution < -0.4 is 26.8 Å². The van der Waals surface area contributed by atoms with Gasteiger partial charge in [0.15, 0.2) is 11.6 Å². The van der Waals surface area contributed by atoms with E-state index in [2.05, 4.69) is 34.6 Å². The molecule has 9 nitrogen and oxygen atoms in total. The van der Waals surface area contributed by atoms with Gasteiger partial charge in [-0.1, -0.05) is 13.8 Å². The Morgan fingerprint density at radius 3 is 2.65 bits per heavy atom. The summed E-state index contributed by atoms with van der Waals surface area (Å²) in [6.07, 6.45) is 0.745. The van der Waals surface area contributed by atoms with Crippen molar-refractivity contribution in [3.05, 3.63) is 35.6 Å². The zero-order chi connectivity index (χ0) is 22.7. The van der Waals surface area contributed by atoms with Crippen molar-refractivity contribution in [3.8, 4) is 5.88 Å². The number of aromatic nitrogens is 3. The van der Waals surface area contributed by atoms with Crippen LogP contribution in [0.5, 0.6) is 5.88 Å². The Morgan fingerprint density at radius 1 is 1.29 bits per heavy atom. The van der Waals surface area contributed by atoms with Gasteiger partial charge in [-0.2, -0.15) is 0 Å². The van der Waals surface area contributed by atoms with E-state index in [1.54, 1.807) is 10.7 Å². The molecule has 0 saturated carbocycles. The first-order valence-electron chi connectivity index (χ1n) is 9.98. The number of nitrogens with zero attached hydrogens (tertiary/aromatic N) is 3. The minimum absolute atomic E-state index is 0.00337. The Morgan fingerprint density at radius 2 is 2.03 bits per heavy atom. The molecule has 3 rings (SSSR count). The fourth-order valence-corrected chi connectivity index (χ4v) is 3.45. The lowest BCUT2D eigenvalue weighted by atomic mass is 10.0. The van der Waals surface area contributed by atoms with Crippen LogP contribution in [0.3, 0.4) is 0 Å². The number of rotatable bonds is 9. The molecule has 0 spiro atoms. The highest BCUT2D eigenvalue weighted by atomic mass is 19.1. The smallest absolute Gasteiger partial charge is 0.252 e. The Labute approximate surface area is 180 Å². The summed E-state index contributed by atoms with van der Waals surface area (Å²) < 4.78 is 21.7. The Balaban J connectivity index is 1.99. The van der Waals surface area contributed by atoms with Crippen LogP contribution in [0.1, 0.15) is 30.6 Å². The van der Waals surface area contributed by atoms with E-state index in [9.17, 15) is 9.18 Å². The van der Waals surface area contributed by atoms with Crippen molar-refractivity contribution in [1.82, 2.24) is 14.8 Å². The molecule has 0 aliphatic rings. The van der Waals surface area contributed by atoms with Crippen LogP contribution in [0.15, 0.2) is 24.3 Å². The number of primary amides is 1. The van der Waals surface area contributed by atoms with Gasteiger partial charge in [0.2, 0.25) is 5.88 Å². The van der Waals surface area contributed by atoms with E-state index in [4.69, 9.17) is 16.2 Å². The summed E-state index contributed by atoms with van der Waals surface area (Å²) in [5.74, 6) is -0.496. The number of benzene rings is 1. The average molecular weight is 430 g/mol. The zero-order valence-electron chi connectivity index (χ0n) is 18.1. The van der Waals surface area contributed by atoms with E-state index < -0.39 is 11.7 Å². The molecule has 0 aliphatic carbocycles. The number of anilines is 3. The normalized spacial score (nSPS) is 12.2. The van der Waals surface area contributed by atoms with Crippen molar-refractivity contribution in [3.63, 3.8) is 0 Å². The first kappa shape index (κ1) is 22.3. The van der Waals surface area contributed by atoms with E-state index >= 15 is 0 Å². The molecule has 6 N–H and O–H groups in total. The largest absolute Gasteiger partial charge is 0.479 e. The number of halogens is 1. The molecule has 0 saturated heterocycles. The summed E-state index contributed by atoms with van der Waals surface area (Å²) in [6, 6.07) is 6.38. The van der Waals surface area contributed by atoms with Gasteiger partial charge in [-0.05, 0) is 36.6 Å². The van der Waals surface area contributed by atoms with Gasteiger partial charge in [0.05, 0.1) is 23.6 Å². The summed E-state index contributed by atoms with van der Waals surface area (Å²) in [5.41, 5.74) is 12.7. The topological polar surface area (TPSA) is 133 Å². The minimum atomic E-state index is -0.793. The van der Waals surface area contributed by atoms with Crippen molar-refractivity contribution >= 4 is 34.1 Å². The standard InChI is InChI=1S/C21H28FN7O2/c1-11(2)7-13(10-23)26-20-16(22)9-15(18(24)30)19(27-20)25-12-5-6-17-14(8-12)21(31-4)28-29(17)3/h5-6,8-9,11,13H,7,10,23H2,1-4H3,(H2,24,30)(H2,25,26,27)/t13-/m1/s1. The predicted molar refractivity (Wildman–Crippen MR) is 119 cm³/mol. The molecule has 1 amide bonds. The molecule has 0 radical (unpaired) electrons. The third-order valence-corrected chi connectivity index (χ3v) is 4.90. The number of hydrogen-bond donors (Lipinski definition) is 4. The minimum Gasteiger partial charge on any atom is -0.479 e. The molecule has 1 atom stereocenters. The van der Waals surface area contributed by atoms with E-state index in [1.807, 2.05) is 19.2 Å². The molecule has 1 aromatic carbocycles. The second-order valence-electron chi connectivity index (χ2n) is 7.78. The maximum absolute atomic E-state index is 14.6. The van der Waals surface area contributed by atoms with Crippen molar-refractivity contribution < 1.29 is 13.9 Å². The van der Waals surface area contributed by atoms with E-state index in [0.29, 0.717) is 24.0 Å². The van der Waals surface area contributed by atoms with Crippen LogP contribution >= 0.6 is 0 Å². The van der Waals surface area contributed by atoms with Gasteiger partial charge in [0.1, 0.15) is 5.82 Å². The lowest BCUT2D eigenvalue weighted by Gasteiger charge is -2.21. The van der Waals surface area contributed by atoms with Crippen LogP contribution in [-0.4, -0.2) is 40.4 Å². The maximum Gasteiger partial charge on any atom is 0.252 e. The van der Waals surface area contributed by atoms with Gasteiger partial charge in [-0.25, -0.2) is 9.37 Å². The van der Waals surface area contributed by atoms with Gasteiger partial charge in [-0.3, -0.25) is 9.48 Å². The highest BCUT2D eigenvalue weighted by Gasteiger charge is 2.19.